The van der Waals surface area contributed by atoms with Crippen LogP contribution < -0.4 is 15.8 Å². The molecule has 2 fully saturated rings. The highest BCUT2D eigenvalue weighted by molar-refractivity contribution is 5.98. The van der Waals surface area contributed by atoms with Crippen molar-refractivity contribution in [3.8, 4) is 0 Å². The number of nitrogens with one attached hydrogen (secondary N) is 2. The lowest BCUT2D eigenvalue weighted by Crippen LogP contribution is -2.35. The highest BCUT2D eigenvalue weighted by Gasteiger charge is 2.35. The molecule has 3 aromatic rings. The van der Waals surface area contributed by atoms with Crippen LogP contribution in [0.5, 0.6) is 0 Å². The zero-order valence-electron chi connectivity index (χ0n) is 25.2. The van der Waals surface area contributed by atoms with Gasteiger partial charge in [-0.2, -0.15) is 0 Å². The third-order valence-electron chi connectivity index (χ3n) is 6.99. The molecular weight excluding hydrogens is 494 g/mol. The fraction of sp³-hybridized carbons (Fsp3) is 0.457. The van der Waals surface area contributed by atoms with E-state index in [9.17, 15) is 4.79 Å². The SMILES string of the molecule is CC(C)(C)OC1CCN(c2ccc(NNC3CCCCCC3)cc2)C1=O.Cc1ccccc1.Cc1ccccc1. The first-order chi connectivity index (χ1) is 19.2. The van der Waals surface area contributed by atoms with E-state index in [-0.39, 0.29) is 17.6 Å². The van der Waals surface area contributed by atoms with Gasteiger partial charge in [-0.3, -0.25) is 4.79 Å². The Morgan fingerprint density at radius 2 is 1.25 bits per heavy atom. The van der Waals surface area contributed by atoms with Gasteiger partial charge >= 0.3 is 0 Å². The molecule has 1 unspecified atom stereocenters. The molecule has 1 aliphatic heterocycles. The van der Waals surface area contributed by atoms with E-state index in [1.165, 1.54) is 49.7 Å². The molecule has 1 saturated carbocycles. The Morgan fingerprint density at radius 1 is 0.725 bits per heavy atom. The summed E-state index contributed by atoms with van der Waals surface area (Å²) in [5.41, 5.74) is 11.1. The van der Waals surface area contributed by atoms with Crippen molar-refractivity contribution < 1.29 is 9.53 Å². The minimum absolute atomic E-state index is 0.0669. The summed E-state index contributed by atoms with van der Waals surface area (Å²) in [5, 5.41) is 0. The minimum atomic E-state index is -0.329. The Kier molecular flexibility index (Phi) is 12.7. The summed E-state index contributed by atoms with van der Waals surface area (Å²) in [7, 11) is 0. The van der Waals surface area contributed by atoms with Crippen molar-refractivity contribution in [3.63, 3.8) is 0 Å². The van der Waals surface area contributed by atoms with E-state index in [4.69, 9.17) is 4.74 Å². The van der Waals surface area contributed by atoms with Gasteiger partial charge in [-0.1, -0.05) is 97.5 Å². The first-order valence-corrected chi connectivity index (χ1v) is 14.9. The van der Waals surface area contributed by atoms with Crippen LogP contribution in [0.25, 0.3) is 0 Å². The monoisotopic (exact) mass is 543 g/mol. The van der Waals surface area contributed by atoms with Crippen molar-refractivity contribution in [2.24, 2.45) is 0 Å². The molecule has 5 heteroatoms. The van der Waals surface area contributed by atoms with Crippen molar-refractivity contribution in [1.29, 1.82) is 0 Å². The quantitative estimate of drug-likeness (QED) is 0.251. The Hall–Kier alpha value is -3.15. The maximum absolute atomic E-state index is 12.6. The molecular formula is C35H49N3O2. The number of aryl methyl sites for hydroxylation is 2. The van der Waals surface area contributed by atoms with Gasteiger partial charge in [0.15, 0.2) is 0 Å². The molecule has 0 radical (unpaired) electrons. The normalized spacial score (nSPS) is 17.7. The van der Waals surface area contributed by atoms with E-state index in [0.717, 1.165) is 17.8 Å². The third kappa shape index (κ3) is 11.5. The molecule has 1 atom stereocenters. The molecule has 0 spiro atoms. The van der Waals surface area contributed by atoms with Crippen LogP contribution in [0, 0.1) is 13.8 Å². The van der Waals surface area contributed by atoms with E-state index in [0.29, 0.717) is 12.6 Å². The summed E-state index contributed by atoms with van der Waals surface area (Å²) in [6, 6.07) is 29.2. The van der Waals surface area contributed by atoms with E-state index < -0.39 is 0 Å². The van der Waals surface area contributed by atoms with E-state index in [2.05, 4.69) is 49.0 Å². The average Bonchev–Trinajstić information content (AvgIpc) is 3.12. The topological polar surface area (TPSA) is 53.6 Å². The second-order valence-corrected chi connectivity index (χ2v) is 11.8. The number of amides is 1. The zero-order valence-corrected chi connectivity index (χ0v) is 25.2. The van der Waals surface area contributed by atoms with Crippen LogP contribution in [0.3, 0.4) is 0 Å². The lowest BCUT2D eigenvalue weighted by molar-refractivity contribution is -0.135. The highest BCUT2D eigenvalue weighted by atomic mass is 16.5. The lowest BCUT2D eigenvalue weighted by Gasteiger charge is -2.24. The predicted octanol–water partition coefficient (Wildman–Crippen LogP) is 8.24. The van der Waals surface area contributed by atoms with Crippen LogP contribution >= 0.6 is 0 Å². The van der Waals surface area contributed by atoms with Crippen molar-refractivity contribution >= 4 is 17.3 Å². The van der Waals surface area contributed by atoms with Crippen molar-refractivity contribution in [2.45, 2.75) is 97.3 Å². The van der Waals surface area contributed by atoms with Gasteiger partial charge < -0.3 is 15.1 Å². The molecule has 1 heterocycles. The summed E-state index contributed by atoms with van der Waals surface area (Å²) >= 11 is 0. The summed E-state index contributed by atoms with van der Waals surface area (Å²) in [6.07, 6.45) is 8.24. The van der Waals surface area contributed by atoms with Crippen molar-refractivity contribution in [1.82, 2.24) is 5.43 Å². The number of carbonyl (C=O) groups is 1. The predicted molar refractivity (Wildman–Crippen MR) is 169 cm³/mol. The second-order valence-electron chi connectivity index (χ2n) is 11.8. The van der Waals surface area contributed by atoms with Crippen molar-refractivity contribution in [3.05, 3.63) is 96.1 Å². The fourth-order valence-corrected chi connectivity index (χ4v) is 4.85. The number of nitrogens with zero attached hydrogens (tertiary/aromatic N) is 1. The molecule has 2 aliphatic rings. The maximum atomic E-state index is 12.6. The summed E-state index contributed by atoms with van der Waals surface area (Å²) in [6.45, 7) is 10.9. The molecule has 0 bridgehead atoms. The van der Waals surface area contributed by atoms with E-state index in [1.807, 2.05) is 86.3 Å². The zero-order chi connectivity index (χ0) is 28.8. The van der Waals surface area contributed by atoms with Crippen LogP contribution in [0.15, 0.2) is 84.9 Å². The van der Waals surface area contributed by atoms with Gasteiger partial charge in [0, 0.05) is 30.4 Å². The van der Waals surface area contributed by atoms with Crippen LogP contribution in [0.1, 0.15) is 76.8 Å². The molecule has 216 valence electrons. The van der Waals surface area contributed by atoms with Crippen LogP contribution in [0.2, 0.25) is 0 Å². The molecule has 0 aromatic heterocycles. The lowest BCUT2D eigenvalue weighted by atomic mass is 10.1. The fourth-order valence-electron chi connectivity index (χ4n) is 4.85. The van der Waals surface area contributed by atoms with Gasteiger partial charge in [-0.25, -0.2) is 5.43 Å². The maximum Gasteiger partial charge on any atom is 0.256 e. The third-order valence-corrected chi connectivity index (χ3v) is 6.99. The number of hydrazine groups is 1. The number of hydrogen-bond donors (Lipinski definition) is 2. The smallest absolute Gasteiger partial charge is 0.256 e. The summed E-state index contributed by atoms with van der Waals surface area (Å²) in [4.78, 5) is 14.4. The number of rotatable bonds is 5. The first-order valence-electron chi connectivity index (χ1n) is 14.9. The van der Waals surface area contributed by atoms with Gasteiger partial charge in [0.2, 0.25) is 0 Å². The molecule has 40 heavy (non-hydrogen) atoms. The molecule has 1 aliphatic carbocycles. The number of hydrogen-bond acceptors (Lipinski definition) is 4. The Bertz CT molecular complexity index is 1070. The average molecular weight is 544 g/mol. The van der Waals surface area contributed by atoms with Crippen LogP contribution in [-0.2, 0) is 9.53 Å². The number of ether oxygens (including phenoxy) is 1. The second kappa shape index (κ2) is 16.2. The number of carbonyl (C=O) groups excluding carboxylic acids is 1. The Balaban J connectivity index is 0.000000255. The highest BCUT2D eigenvalue weighted by Crippen LogP contribution is 2.27. The van der Waals surface area contributed by atoms with E-state index >= 15 is 0 Å². The van der Waals surface area contributed by atoms with Gasteiger partial charge in [0.1, 0.15) is 6.10 Å². The minimum Gasteiger partial charge on any atom is -0.363 e. The molecule has 1 saturated heterocycles. The number of benzene rings is 3. The molecule has 3 aromatic carbocycles. The molecule has 5 rings (SSSR count). The van der Waals surface area contributed by atoms with Crippen molar-refractivity contribution in [2.75, 3.05) is 16.9 Å². The first kappa shape index (κ1) is 31.4. The largest absolute Gasteiger partial charge is 0.363 e. The standard InChI is InChI=1S/C21H33N3O2.2C7H8/c1-21(2,3)26-19-14-15-24(20(19)25)18-12-10-17(11-13-18)23-22-16-8-6-4-5-7-9-16;2*1-7-5-3-2-4-6-7/h10-13,16,19,22-23H,4-9,14-15H2,1-3H3;2*2-6H,1H3. The Morgan fingerprint density at radius 3 is 1.70 bits per heavy atom. The summed E-state index contributed by atoms with van der Waals surface area (Å²) < 4.78 is 5.89. The number of anilines is 2. The van der Waals surface area contributed by atoms with Crippen LogP contribution in [0.4, 0.5) is 11.4 Å². The Labute approximate surface area is 242 Å². The van der Waals surface area contributed by atoms with E-state index in [1.54, 1.807) is 0 Å². The molecule has 5 nitrogen and oxygen atoms in total. The van der Waals surface area contributed by atoms with Gasteiger partial charge in [0.05, 0.1) is 5.60 Å². The molecule has 1 amide bonds. The molecule has 2 N–H and O–H groups in total. The van der Waals surface area contributed by atoms with Gasteiger partial charge in [-0.15, -0.1) is 0 Å². The summed E-state index contributed by atoms with van der Waals surface area (Å²) in [5.74, 6) is 0.0669. The van der Waals surface area contributed by atoms with Crippen LogP contribution in [-0.4, -0.2) is 30.2 Å². The van der Waals surface area contributed by atoms with Gasteiger partial charge in [-0.05, 0) is 71.7 Å². The van der Waals surface area contributed by atoms with Gasteiger partial charge in [0.25, 0.3) is 5.91 Å².